The molecule has 2 aromatic rings. The number of aromatic nitrogens is 1. The molecular weight excluding hydrogens is 390 g/mol. The van der Waals surface area contributed by atoms with Crippen molar-refractivity contribution in [2.75, 3.05) is 17.2 Å². The lowest BCUT2D eigenvalue weighted by atomic mass is 10.3. The van der Waals surface area contributed by atoms with E-state index in [9.17, 15) is 14.4 Å². The van der Waals surface area contributed by atoms with Gasteiger partial charge in [0.2, 0.25) is 5.91 Å². The summed E-state index contributed by atoms with van der Waals surface area (Å²) in [4.78, 5) is 37.8. The van der Waals surface area contributed by atoms with Gasteiger partial charge in [-0.3, -0.25) is 14.4 Å². The third-order valence-electron chi connectivity index (χ3n) is 3.56. The summed E-state index contributed by atoms with van der Waals surface area (Å²) in [5.41, 5.74) is 0.355. The van der Waals surface area contributed by atoms with Crippen LogP contribution in [-0.4, -0.2) is 23.4 Å². The van der Waals surface area contributed by atoms with E-state index >= 15 is 0 Å². The summed E-state index contributed by atoms with van der Waals surface area (Å²) >= 11 is 3.22. The predicted octanol–water partition coefficient (Wildman–Crippen LogP) is 2.50. The van der Waals surface area contributed by atoms with E-state index in [0.29, 0.717) is 15.9 Å². The Balaban J connectivity index is 1.55. The normalized spacial score (nSPS) is 13.2. The number of H-pyrrole nitrogens is 1. The molecule has 25 heavy (non-hydrogen) atoms. The Morgan fingerprint density at radius 1 is 1.24 bits per heavy atom. The van der Waals surface area contributed by atoms with Crippen LogP contribution in [0.4, 0.5) is 11.4 Å². The van der Waals surface area contributed by atoms with Crippen molar-refractivity contribution in [3.05, 3.63) is 51.4 Å². The Morgan fingerprint density at radius 3 is 2.80 bits per heavy atom. The summed E-state index contributed by atoms with van der Waals surface area (Å²) in [6.07, 6.45) is 3.34. The first kappa shape index (κ1) is 17.2. The number of rotatable bonds is 6. The average molecular weight is 406 g/mol. The molecule has 3 N–H and O–H groups in total. The second-order valence-electron chi connectivity index (χ2n) is 5.69. The summed E-state index contributed by atoms with van der Waals surface area (Å²) in [5, 5.41) is 5.30. The van der Waals surface area contributed by atoms with Crippen LogP contribution >= 0.6 is 15.9 Å². The minimum absolute atomic E-state index is 0.00349. The van der Waals surface area contributed by atoms with Crippen molar-refractivity contribution in [1.82, 2.24) is 4.98 Å². The largest absolute Gasteiger partial charge is 0.484 e. The molecule has 8 heteroatoms. The maximum absolute atomic E-state index is 11.9. The van der Waals surface area contributed by atoms with Gasteiger partial charge >= 0.3 is 0 Å². The Labute approximate surface area is 151 Å². The van der Waals surface area contributed by atoms with Crippen LogP contribution in [0.3, 0.4) is 0 Å². The van der Waals surface area contributed by atoms with E-state index in [2.05, 4.69) is 31.5 Å². The van der Waals surface area contributed by atoms with Gasteiger partial charge < -0.3 is 20.4 Å². The molecule has 0 aliphatic heterocycles. The van der Waals surface area contributed by atoms with Crippen LogP contribution < -0.4 is 20.9 Å². The van der Waals surface area contributed by atoms with Gasteiger partial charge in [0.05, 0.1) is 0 Å². The molecule has 1 heterocycles. The Bertz CT molecular complexity index is 861. The van der Waals surface area contributed by atoms with Gasteiger partial charge in [-0.05, 0) is 47.0 Å². The van der Waals surface area contributed by atoms with Crippen molar-refractivity contribution in [2.24, 2.45) is 5.92 Å². The highest BCUT2D eigenvalue weighted by Crippen LogP contribution is 2.30. The average Bonchev–Trinajstić information content (AvgIpc) is 3.42. The molecule has 0 saturated heterocycles. The first-order chi connectivity index (χ1) is 12.0. The molecule has 3 rings (SSSR count). The summed E-state index contributed by atoms with van der Waals surface area (Å²) in [5.74, 6) is 0.102. The molecule has 0 atom stereocenters. The van der Waals surface area contributed by atoms with Crippen LogP contribution in [0, 0.1) is 5.92 Å². The van der Waals surface area contributed by atoms with Gasteiger partial charge in [-0.25, -0.2) is 0 Å². The van der Waals surface area contributed by atoms with Crippen LogP contribution in [0.5, 0.6) is 5.75 Å². The smallest absolute Gasteiger partial charge is 0.271 e. The zero-order chi connectivity index (χ0) is 17.8. The maximum Gasteiger partial charge on any atom is 0.271 e. The topological polar surface area (TPSA) is 100 Å². The van der Waals surface area contributed by atoms with E-state index in [4.69, 9.17) is 4.74 Å². The van der Waals surface area contributed by atoms with Gasteiger partial charge in [0.1, 0.15) is 11.4 Å². The summed E-state index contributed by atoms with van der Waals surface area (Å²) < 4.78 is 6.06. The van der Waals surface area contributed by atoms with E-state index in [0.717, 1.165) is 12.8 Å². The fourth-order valence-corrected chi connectivity index (χ4v) is 2.48. The Hall–Kier alpha value is -2.61. The molecule has 0 radical (unpaired) electrons. The molecule has 1 saturated carbocycles. The van der Waals surface area contributed by atoms with Gasteiger partial charge in [0.25, 0.3) is 11.5 Å². The number of hydrogen-bond acceptors (Lipinski definition) is 4. The Morgan fingerprint density at radius 2 is 2.04 bits per heavy atom. The number of pyridine rings is 1. The Kier molecular flexibility index (Phi) is 5.18. The van der Waals surface area contributed by atoms with Gasteiger partial charge in [0, 0.05) is 28.3 Å². The van der Waals surface area contributed by atoms with Crippen molar-refractivity contribution >= 4 is 39.1 Å². The lowest BCUT2D eigenvalue weighted by Crippen LogP contribution is -2.24. The molecule has 0 bridgehead atoms. The monoisotopic (exact) mass is 405 g/mol. The second kappa shape index (κ2) is 7.52. The van der Waals surface area contributed by atoms with Crippen LogP contribution in [0.2, 0.25) is 0 Å². The molecule has 1 aliphatic rings. The van der Waals surface area contributed by atoms with Gasteiger partial charge in [-0.15, -0.1) is 0 Å². The van der Waals surface area contributed by atoms with E-state index in [1.165, 1.54) is 12.3 Å². The molecule has 1 aromatic carbocycles. The first-order valence-corrected chi connectivity index (χ1v) is 8.52. The van der Waals surface area contributed by atoms with Gasteiger partial charge in [0.15, 0.2) is 6.61 Å². The van der Waals surface area contributed by atoms with Crippen molar-refractivity contribution in [3.63, 3.8) is 0 Å². The number of halogens is 1. The lowest BCUT2D eigenvalue weighted by molar-refractivity contribution is -0.118. The highest BCUT2D eigenvalue weighted by atomic mass is 79.9. The van der Waals surface area contributed by atoms with Crippen LogP contribution in [0.25, 0.3) is 0 Å². The third kappa shape index (κ3) is 4.93. The number of aromatic amines is 1. The maximum atomic E-state index is 11.9. The molecule has 130 valence electrons. The number of amides is 2. The van der Waals surface area contributed by atoms with Crippen molar-refractivity contribution in [3.8, 4) is 5.75 Å². The number of benzene rings is 1. The quantitative estimate of drug-likeness (QED) is 0.686. The summed E-state index contributed by atoms with van der Waals surface area (Å²) in [6, 6.07) is 8.33. The van der Waals surface area contributed by atoms with E-state index in [-0.39, 0.29) is 24.1 Å². The molecular formula is C17H16BrN3O4. The predicted molar refractivity (Wildman–Crippen MR) is 96.7 cm³/mol. The number of nitrogens with one attached hydrogen (secondary N) is 3. The second-order valence-corrected chi connectivity index (χ2v) is 6.60. The molecule has 0 spiro atoms. The van der Waals surface area contributed by atoms with Crippen molar-refractivity contribution in [1.29, 1.82) is 0 Å². The summed E-state index contributed by atoms with van der Waals surface area (Å²) in [6.45, 7) is -0.258. The van der Waals surface area contributed by atoms with Crippen LogP contribution in [0.1, 0.15) is 12.8 Å². The number of carbonyl (C=O) groups excluding carboxylic acids is 2. The van der Waals surface area contributed by atoms with Crippen molar-refractivity contribution < 1.29 is 14.3 Å². The number of ether oxygens (including phenoxy) is 1. The highest BCUT2D eigenvalue weighted by Gasteiger charge is 2.29. The fourth-order valence-electron chi connectivity index (χ4n) is 2.14. The van der Waals surface area contributed by atoms with Crippen molar-refractivity contribution in [2.45, 2.75) is 12.8 Å². The highest BCUT2D eigenvalue weighted by molar-refractivity contribution is 9.10. The molecule has 0 unspecified atom stereocenters. The number of hydrogen-bond donors (Lipinski definition) is 3. The van der Waals surface area contributed by atoms with Crippen LogP contribution in [-0.2, 0) is 9.59 Å². The van der Waals surface area contributed by atoms with E-state index in [1.807, 2.05) is 0 Å². The first-order valence-electron chi connectivity index (χ1n) is 7.73. The fraction of sp³-hybridized carbons (Fsp3) is 0.235. The number of anilines is 2. The minimum atomic E-state index is -0.462. The lowest BCUT2D eigenvalue weighted by Gasteiger charge is -2.09. The molecule has 2 amide bonds. The van der Waals surface area contributed by atoms with E-state index in [1.54, 1.807) is 24.3 Å². The van der Waals surface area contributed by atoms with Crippen LogP contribution in [0.15, 0.2) is 45.8 Å². The minimum Gasteiger partial charge on any atom is -0.484 e. The molecule has 1 aliphatic carbocycles. The van der Waals surface area contributed by atoms with Gasteiger partial charge in [-0.1, -0.05) is 6.07 Å². The molecule has 7 nitrogen and oxygen atoms in total. The van der Waals surface area contributed by atoms with E-state index < -0.39 is 11.5 Å². The van der Waals surface area contributed by atoms with Gasteiger partial charge in [-0.2, -0.15) is 0 Å². The third-order valence-corrected chi connectivity index (χ3v) is 4.02. The SMILES string of the molecule is O=C(COc1cccc(NC(=O)C2CC2)c1)Nc1cc(Br)c[nH]c1=O. The standard InChI is InChI=1S/C17H16BrN3O4/c18-11-6-14(17(24)19-8-11)21-15(22)9-25-13-3-1-2-12(7-13)20-16(23)10-4-5-10/h1-3,6-8,10H,4-5,9H2,(H,19,24)(H,20,23)(H,21,22). The zero-order valence-corrected chi connectivity index (χ0v) is 14.8. The molecule has 1 fully saturated rings. The number of carbonyl (C=O) groups is 2. The summed E-state index contributed by atoms with van der Waals surface area (Å²) in [7, 11) is 0. The molecule has 1 aromatic heterocycles. The zero-order valence-electron chi connectivity index (χ0n) is 13.2.